The molecule has 1 aliphatic heterocycles. The lowest BCUT2D eigenvalue weighted by molar-refractivity contribution is -0.117. The number of nitrogens with zero attached hydrogens (tertiary/aromatic N) is 1. The molecule has 0 atom stereocenters. The van der Waals surface area contributed by atoms with Gasteiger partial charge in [-0.2, -0.15) is 0 Å². The Morgan fingerprint density at radius 2 is 2.33 bits per heavy atom. The van der Waals surface area contributed by atoms with Gasteiger partial charge in [0.2, 0.25) is 5.91 Å². The molecule has 0 fully saturated rings. The monoisotopic (exact) mass is 206 g/mol. The third kappa shape index (κ3) is 1.80. The smallest absolute Gasteiger partial charge is 0.231 e. The number of rotatable bonds is 3. The van der Waals surface area contributed by atoms with Gasteiger partial charge in [0.15, 0.2) is 0 Å². The number of benzene rings is 1. The first-order valence-electron chi connectivity index (χ1n) is 4.94. The van der Waals surface area contributed by atoms with Crippen LogP contribution < -0.4 is 15.4 Å². The van der Waals surface area contributed by atoms with Crippen LogP contribution in [0.5, 0.6) is 5.75 Å². The van der Waals surface area contributed by atoms with E-state index in [-0.39, 0.29) is 5.91 Å². The van der Waals surface area contributed by atoms with Crippen molar-refractivity contribution in [3.8, 4) is 5.75 Å². The fraction of sp³-hybridized carbons (Fsp3) is 0.364. The minimum absolute atomic E-state index is 0.126. The van der Waals surface area contributed by atoms with Crippen molar-refractivity contribution >= 4 is 11.6 Å². The quantitative estimate of drug-likeness (QED) is 0.785. The molecule has 1 amide bonds. The van der Waals surface area contributed by atoms with Crippen LogP contribution in [0.1, 0.15) is 5.56 Å². The lowest BCUT2D eigenvalue weighted by atomic mass is 10.1. The molecule has 0 unspecified atom stereocenters. The van der Waals surface area contributed by atoms with Crippen LogP contribution in [0.25, 0.3) is 0 Å². The predicted molar refractivity (Wildman–Crippen MR) is 58.1 cm³/mol. The van der Waals surface area contributed by atoms with E-state index in [4.69, 9.17) is 10.5 Å². The lowest BCUT2D eigenvalue weighted by Gasteiger charge is -2.10. The Bertz CT molecular complexity index is 390. The van der Waals surface area contributed by atoms with Crippen molar-refractivity contribution in [3.63, 3.8) is 0 Å². The zero-order valence-corrected chi connectivity index (χ0v) is 8.69. The minimum Gasteiger partial charge on any atom is -0.492 e. The van der Waals surface area contributed by atoms with Crippen molar-refractivity contribution in [2.24, 2.45) is 5.73 Å². The summed E-state index contributed by atoms with van der Waals surface area (Å²) >= 11 is 0. The highest BCUT2D eigenvalue weighted by Gasteiger charge is 2.23. The standard InChI is InChI=1S/C11H14N2O2/c1-13-10-3-2-9(15-5-4-12)6-8(10)7-11(13)14/h2-3,6H,4-5,7,12H2,1H3. The van der Waals surface area contributed by atoms with E-state index in [2.05, 4.69) is 0 Å². The van der Waals surface area contributed by atoms with E-state index >= 15 is 0 Å². The molecule has 0 spiro atoms. The molecule has 1 aliphatic rings. The van der Waals surface area contributed by atoms with Crippen molar-refractivity contribution in [2.75, 3.05) is 25.1 Å². The Kier molecular flexibility index (Phi) is 2.60. The fourth-order valence-electron chi connectivity index (χ4n) is 1.71. The third-order valence-corrected chi connectivity index (χ3v) is 2.51. The van der Waals surface area contributed by atoms with Crippen LogP contribution in [0.15, 0.2) is 18.2 Å². The summed E-state index contributed by atoms with van der Waals surface area (Å²) in [6.07, 6.45) is 0.464. The van der Waals surface area contributed by atoms with Crippen LogP contribution in [0.2, 0.25) is 0 Å². The molecule has 1 aromatic rings. The maximum atomic E-state index is 11.4. The zero-order chi connectivity index (χ0) is 10.8. The number of carbonyl (C=O) groups is 1. The highest BCUT2D eigenvalue weighted by atomic mass is 16.5. The van der Waals surface area contributed by atoms with E-state index in [1.165, 1.54) is 0 Å². The third-order valence-electron chi connectivity index (χ3n) is 2.51. The Hall–Kier alpha value is -1.55. The average Bonchev–Trinajstić information content (AvgIpc) is 2.52. The second-order valence-electron chi connectivity index (χ2n) is 3.56. The molecule has 0 bridgehead atoms. The molecule has 0 saturated carbocycles. The molecular formula is C11H14N2O2. The van der Waals surface area contributed by atoms with Gasteiger partial charge in [-0.05, 0) is 23.8 Å². The minimum atomic E-state index is 0.126. The van der Waals surface area contributed by atoms with Crippen LogP contribution in [-0.2, 0) is 11.2 Å². The molecule has 0 saturated heterocycles. The second-order valence-corrected chi connectivity index (χ2v) is 3.56. The van der Waals surface area contributed by atoms with E-state index < -0.39 is 0 Å². The SMILES string of the molecule is CN1C(=O)Cc2cc(OCCN)ccc21. The van der Waals surface area contributed by atoms with Gasteiger partial charge >= 0.3 is 0 Å². The Morgan fingerprint density at radius 1 is 1.53 bits per heavy atom. The van der Waals surface area contributed by atoms with Crippen molar-refractivity contribution in [1.29, 1.82) is 0 Å². The van der Waals surface area contributed by atoms with E-state index in [0.717, 1.165) is 17.0 Å². The van der Waals surface area contributed by atoms with Crippen LogP contribution in [0.3, 0.4) is 0 Å². The van der Waals surface area contributed by atoms with Gasteiger partial charge in [-0.15, -0.1) is 0 Å². The number of hydrogen-bond acceptors (Lipinski definition) is 3. The van der Waals surface area contributed by atoms with Crippen LogP contribution in [0, 0.1) is 0 Å². The van der Waals surface area contributed by atoms with E-state index in [1.54, 1.807) is 11.9 Å². The average molecular weight is 206 g/mol. The molecule has 2 rings (SSSR count). The Balaban J connectivity index is 2.22. The highest BCUT2D eigenvalue weighted by Crippen LogP contribution is 2.30. The topological polar surface area (TPSA) is 55.6 Å². The van der Waals surface area contributed by atoms with Crippen molar-refractivity contribution in [3.05, 3.63) is 23.8 Å². The second kappa shape index (κ2) is 3.90. The molecule has 80 valence electrons. The summed E-state index contributed by atoms with van der Waals surface area (Å²) in [6, 6.07) is 5.68. The maximum Gasteiger partial charge on any atom is 0.231 e. The van der Waals surface area contributed by atoms with E-state index in [9.17, 15) is 4.79 Å². The Labute approximate surface area is 88.6 Å². The zero-order valence-electron chi connectivity index (χ0n) is 8.69. The van der Waals surface area contributed by atoms with Crippen molar-refractivity contribution in [2.45, 2.75) is 6.42 Å². The lowest BCUT2D eigenvalue weighted by Crippen LogP contribution is -2.20. The summed E-state index contributed by atoms with van der Waals surface area (Å²) in [5, 5.41) is 0. The highest BCUT2D eigenvalue weighted by molar-refractivity contribution is 6.01. The number of amides is 1. The first-order chi connectivity index (χ1) is 7.22. The largest absolute Gasteiger partial charge is 0.492 e. The maximum absolute atomic E-state index is 11.4. The van der Waals surface area contributed by atoms with Gasteiger partial charge in [0.05, 0.1) is 6.42 Å². The molecular weight excluding hydrogens is 192 g/mol. The fourth-order valence-corrected chi connectivity index (χ4v) is 1.71. The number of hydrogen-bond donors (Lipinski definition) is 1. The van der Waals surface area contributed by atoms with Gasteiger partial charge in [-0.25, -0.2) is 0 Å². The molecule has 0 aliphatic carbocycles. The molecule has 1 aromatic carbocycles. The summed E-state index contributed by atoms with van der Waals surface area (Å²) in [5.41, 5.74) is 7.34. The molecule has 15 heavy (non-hydrogen) atoms. The number of likely N-dealkylation sites (N-methyl/N-ethyl adjacent to an activating group) is 1. The summed E-state index contributed by atoms with van der Waals surface area (Å²) in [6.45, 7) is 0.999. The summed E-state index contributed by atoms with van der Waals surface area (Å²) < 4.78 is 5.40. The Morgan fingerprint density at radius 3 is 3.07 bits per heavy atom. The summed E-state index contributed by atoms with van der Waals surface area (Å²) in [7, 11) is 1.79. The molecule has 2 N–H and O–H groups in total. The van der Waals surface area contributed by atoms with Gasteiger partial charge in [-0.1, -0.05) is 0 Å². The number of anilines is 1. The van der Waals surface area contributed by atoms with E-state index in [1.807, 2.05) is 18.2 Å². The molecule has 0 radical (unpaired) electrons. The van der Waals surface area contributed by atoms with Crippen molar-refractivity contribution in [1.82, 2.24) is 0 Å². The van der Waals surface area contributed by atoms with Crippen LogP contribution >= 0.6 is 0 Å². The normalized spacial score (nSPS) is 14.3. The molecule has 0 aromatic heterocycles. The van der Waals surface area contributed by atoms with Gasteiger partial charge in [0, 0.05) is 19.3 Å². The first kappa shape index (κ1) is 9.98. The number of nitrogens with two attached hydrogens (primary N) is 1. The first-order valence-corrected chi connectivity index (χ1v) is 4.94. The van der Waals surface area contributed by atoms with Gasteiger partial charge in [-0.3, -0.25) is 4.79 Å². The van der Waals surface area contributed by atoms with Crippen LogP contribution in [0.4, 0.5) is 5.69 Å². The summed E-state index contributed by atoms with van der Waals surface area (Å²) in [4.78, 5) is 13.1. The van der Waals surface area contributed by atoms with Crippen LogP contribution in [-0.4, -0.2) is 26.1 Å². The number of ether oxygens (including phenoxy) is 1. The van der Waals surface area contributed by atoms with Crippen molar-refractivity contribution < 1.29 is 9.53 Å². The molecule has 1 heterocycles. The van der Waals surface area contributed by atoms with E-state index in [0.29, 0.717) is 19.6 Å². The summed E-state index contributed by atoms with van der Waals surface area (Å²) in [5.74, 6) is 0.906. The van der Waals surface area contributed by atoms with Gasteiger partial charge in [0.25, 0.3) is 0 Å². The predicted octanol–water partition coefficient (Wildman–Crippen LogP) is 0.543. The van der Waals surface area contributed by atoms with Gasteiger partial charge in [0.1, 0.15) is 12.4 Å². The molecule has 4 heteroatoms. The number of fused-ring (bicyclic) bond motifs is 1. The molecule has 4 nitrogen and oxygen atoms in total. The van der Waals surface area contributed by atoms with Gasteiger partial charge < -0.3 is 15.4 Å². The number of carbonyl (C=O) groups excluding carboxylic acids is 1.